The molecule has 23 heavy (non-hydrogen) atoms. The third-order valence-electron chi connectivity index (χ3n) is 4.40. The van der Waals surface area contributed by atoms with Gasteiger partial charge in [-0.2, -0.15) is 0 Å². The number of nitrogens with zero attached hydrogens (tertiary/aromatic N) is 1. The molecule has 0 saturated heterocycles. The van der Waals surface area contributed by atoms with E-state index >= 15 is 0 Å². The minimum atomic E-state index is -1.58. The van der Waals surface area contributed by atoms with Crippen molar-refractivity contribution >= 4 is 11.6 Å². The molecule has 0 fully saturated rings. The lowest BCUT2D eigenvalue weighted by molar-refractivity contribution is -0.136. The average molecular weight is 311 g/mol. The first kappa shape index (κ1) is 15.7. The molecule has 0 aromatic heterocycles. The Morgan fingerprint density at radius 3 is 2.57 bits per heavy atom. The number of methoxy groups -OCH3 is 1. The van der Waals surface area contributed by atoms with E-state index in [2.05, 4.69) is 0 Å². The zero-order valence-electron chi connectivity index (χ0n) is 13.4. The second-order valence-corrected chi connectivity index (χ2v) is 6.06. The quantitative estimate of drug-likeness (QED) is 0.944. The van der Waals surface area contributed by atoms with Gasteiger partial charge in [-0.25, -0.2) is 0 Å². The fourth-order valence-corrected chi connectivity index (χ4v) is 3.18. The van der Waals surface area contributed by atoms with E-state index in [0.29, 0.717) is 12.2 Å². The first-order chi connectivity index (χ1) is 11.1. The summed E-state index contributed by atoms with van der Waals surface area (Å²) in [5.41, 5.74) is 0.970. The molecule has 120 valence electrons. The Kier molecular flexibility index (Phi) is 4.20. The fraction of sp³-hybridized carbons (Fsp3) is 0.316. The van der Waals surface area contributed by atoms with Crippen LogP contribution in [0.3, 0.4) is 0 Å². The second kappa shape index (κ2) is 6.14. The summed E-state index contributed by atoms with van der Waals surface area (Å²) in [4.78, 5) is 14.8. The van der Waals surface area contributed by atoms with Crippen LogP contribution in [0.4, 0.5) is 5.69 Å². The molecule has 0 bridgehead atoms. The Morgan fingerprint density at radius 2 is 1.87 bits per heavy atom. The SMILES string of the molecule is COC[C@@H]1Cc2ccccc2N1C(=O)[C@@](C)(O)c1ccccc1. The molecule has 0 aliphatic carbocycles. The number of ether oxygens (including phenoxy) is 1. The minimum absolute atomic E-state index is 0.0971. The predicted molar refractivity (Wildman–Crippen MR) is 89.3 cm³/mol. The maximum absolute atomic E-state index is 13.1. The number of hydrogen-bond acceptors (Lipinski definition) is 3. The van der Waals surface area contributed by atoms with E-state index in [4.69, 9.17) is 4.74 Å². The van der Waals surface area contributed by atoms with Crippen LogP contribution in [-0.4, -0.2) is 30.8 Å². The van der Waals surface area contributed by atoms with Crippen LogP contribution >= 0.6 is 0 Å². The van der Waals surface area contributed by atoms with E-state index in [9.17, 15) is 9.90 Å². The average Bonchev–Trinajstić information content (AvgIpc) is 2.93. The lowest BCUT2D eigenvalue weighted by atomic mass is 9.94. The van der Waals surface area contributed by atoms with Crippen LogP contribution in [0, 0.1) is 0 Å². The molecule has 3 rings (SSSR count). The van der Waals surface area contributed by atoms with Crippen LogP contribution in [0.15, 0.2) is 54.6 Å². The molecular formula is C19H21NO3. The molecule has 0 saturated carbocycles. The van der Waals surface area contributed by atoms with Crippen LogP contribution in [0.25, 0.3) is 0 Å². The summed E-state index contributed by atoms with van der Waals surface area (Å²) in [6.07, 6.45) is 0.737. The lowest BCUT2D eigenvalue weighted by Crippen LogP contribution is -2.50. The van der Waals surface area contributed by atoms with E-state index in [1.807, 2.05) is 42.5 Å². The summed E-state index contributed by atoms with van der Waals surface area (Å²) in [7, 11) is 1.63. The van der Waals surface area contributed by atoms with Crippen LogP contribution in [0.1, 0.15) is 18.1 Å². The van der Waals surface area contributed by atoms with E-state index < -0.39 is 5.60 Å². The van der Waals surface area contributed by atoms with Gasteiger partial charge < -0.3 is 14.7 Å². The second-order valence-electron chi connectivity index (χ2n) is 6.06. The van der Waals surface area contributed by atoms with Crippen molar-refractivity contribution in [2.24, 2.45) is 0 Å². The van der Waals surface area contributed by atoms with Crippen LogP contribution in [0.5, 0.6) is 0 Å². The van der Waals surface area contributed by atoms with Crippen molar-refractivity contribution in [2.45, 2.75) is 25.0 Å². The lowest BCUT2D eigenvalue weighted by Gasteiger charge is -2.32. The van der Waals surface area contributed by atoms with E-state index in [-0.39, 0.29) is 11.9 Å². The Morgan fingerprint density at radius 1 is 1.22 bits per heavy atom. The van der Waals surface area contributed by atoms with Gasteiger partial charge in [0.25, 0.3) is 5.91 Å². The first-order valence-corrected chi connectivity index (χ1v) is 7.74. The summed E-state index contributed by atoms with van der Waals surface area (Å²) in [6, 6.07) is 16.8. The molecule has 1 N–H and O–H groups in total. The van der Waals surface area contributed by atoms with Crippen LogP contribution in [0.2, 0.25) is 0 Å². The molecule has 0 radical (unpaired) electrons. The largest absolute Gasteiger partial charge is 0.383 e. The van der Waals surface area contributed by atoms with Gasteiger partial charge in [0.15, 0.2) is 5.60 Å². The van der Waals surface area contributed by atoms with Gasteiger partial charge in [-0.15, -0.1) is 0 Å². The molecular weight excluding hydrogens is 290 g/mol. The van der Waals surface area contributed by atoms with Gasteiger partial charge in [0.2, 0.25) is 0 Å². The van der Waals surface area contributed by atoms with Crippen molar-refractivity contribution in [1.82, 2.24) is 0 Å². The molecule has 1 amide bonds. The molecule has 2 aromatic carbocycles. The zero-order chi connectivity index (χ0) is 16.4. The number of anilines is 1. The molecule has 4 nitrogen and oxygen atoms in total. The number of amides is 1. The Balaban J connectivity index is 1.99. The summed E-state index contributed by atoms with van der Waals surface area (Å²) < 4.78 is 5.28. The number of benzene rings is 2. The molecule has 1 aliphatic rings. The third-order valence-corrected chi connectivity index (χ3v) is 4.40. The van der Waals surface area contributed by atoms with Crippen molar-refractivity contribution in [3.63, 3.8) is 0 Å². The van der Waals surface area contributed by atoms with Crippen molar-refractivity contribution in [2.75, 3.05) is 18.6 Å². The van der Waals surface area contributed by atoms with E-state index in [0.717, 1.165) is 17.7 Å². The number of fused-ring (bicyclic) bond motifs is 1. The minimum Gasteiger partial charge on any atom is -0.383 e. The molecule has 0 unspecified atom stereocenters. The Bertz CT molecular complexity index is 697. The standard InChI is InChI=1S/C19H21NO3/c1-19(22,15-9-4-3-5-10-15)18(21)20-16(13-23-2)12-14-8-6-7-11-17(14)20/h3-11,16,22H,12-13H2,1-2H3/t16-,19-/m0/s1. The Hall–Kier alpha value is -2.17. The molecule has 4 heteroatoms. The zero-order valence-corrected chi connectivity index (χ0v) is 13.4. The van der Waals surface area contributed by atoms with Gasteiger partial charge in [0, 0.05) is 12.8 Å². The normalized spacial score (nSPS) is 19.3. The van der Waals surface area contributed by atoms with E-state index in [1.165, 1.54) is 0 Å². The fourth-order valence-electron chi connectivity index (χ4n) is 3.18. The van der Waals surface area contributed by atoms with Gasteiger partial charge in [-0.1, -0.05) is 48.5 Å². The number of carbonyl (C=O) groups is 1. The van der Waals surface area contributed by atoms with Gasteiger partial charge in [-0.05, 0) is 30.5 Å². The first-order valence-electron chi connectivity index (χ1n) is 7.74. The number of hydrogen-bond donors (Lipinski definition) is 1. The number of carbonyl (C=O) groups excluding carboxylic acids is 1. The number of aliphatic hydroxyl groups is 1. The highest BCUT2D eigenvalue weighted by Crippen LogP contribution is 2.36. The number of rotatable bonds is 4. The van der Waals surface area contributed by atoms with Crippen molar-refractivity contribution in [3.8, 4) is 0 Å². The summed E-state index contributed by atoms with van der Waals surface area (Å²) in [6.45, 7) is 1.99. The predicted octanol–water partition coefficient (Wildman–Crippen LogP) is 2.50. The van der Waals surface area contributed by atoms with Gasteiger partial charge in [-0.3, -0.25) is 4.79 Å². The maximum atomic E-state index is 13.1. The monoisotopic (exact) mass is 311 g/mol. The Labute approximate surface area is 136 Å². The molecule has 1 aliphatic heterocycles. The highest BCUT2D eigenvalue weighted by Gasteiger charge is 2.42. The highest BCUT2D eigenvalue weighted by molar-refractivity contribution is 6.01. The summed E-state index contributed by atoms with van der Waals surface area (Å²) in [5.74, 6) is -0.323. The van der Waals surface area contributed by atoms with Gasteiger partial charge in [0.1, 0.15) is 0 Å². The number of para-hydroxylation sites is 1. The van der Waals surface area contributed by atoms with Crippen molar-refractivity contribution in [3.05, 3.63) is 65.7 Å². The molecule has 2 aromatic rings. The molecule has 2 atom stereocenters. The van der Waals surface area contributed by atoms with Gasteiger partial charge in [0.05, 0.1) is 12.6 Å². The summed E-state index contributed by atoms with van der Waals surface area (Å²) >= 11 is 0. The van der Waals surface area contributed by atoms with Gasteiger partial charge >= 0.3 is 0 Å². The maximum Gasteiger partial charge on any atom is 0.263 e. The molecule has 0 spiro atoms. The van der Waals surface area contributed by atoms with Crippen LogP contribution < -0.4 is 4.90 Å². The third kappa shape index (κ3) is 2.76. The van der Waals surface area contributed by atoms with Crippen LogP contribution in [-0.2, 0) is 21.6 Å². The highest BCUT2D eigenvalue weighted by atomic mass is 16.5. The topological polar surface area (TPSA) is 49.8 Å². The summed E-state index contributed by atoms with van der Waals surface area (Å²) in [5, 5.41) is 10.9. The van der Waals surface area contributed by atoms with Crippen molar-refractivity contribution < 1.29 is 14.6 Å². The smallest absolute Gasteiger partial charge is 0.263 e. The van der Waals surface area contributed by atoms with Crippen molar-refractivity contribution in [1.29, 1.82) is 0 Å². The van der Waals surface area contributed by atoms with E-state index in [1.54, 1.807) is 31.1 Å². The molecule has 1 heterocycles.